The Labute approximate surface area is 178 Å². The van der Waals surface area contributed by atoms with Crippen LogP contribution in [0.3, 0.4) is 0 Å². The van der Waals surface area contributed by atoms with Crippen LogP contribution < -0.4 is 10.0 Å². The lowest BCUT2D eigenvalue weighted by molar-refractivity contribution is 0.101. The first-order chi connectivity index (χ1) is 14.5. The average Bonchev–Trinajstić information content (AvgIpc) is 3.00. The van der Waals surface area contributed by atoms with Gasteiger partial charge in [0.25, 0.3) is 5.91 Å². The molecule has 8 heteroatoms. The molecule has 1 aliphatic carbocycles. The molecular formula is C22H26FN5OS. The van der Waals surface area contributed by atoms with E-state index in [9.17, 15) is 9.18 Å². The van der Waals surface area contributed by atoms with Crippen LogP contribution >= 0.6 is 0 Å². The zero-order chi connectivity index (χ0) is 21.3. The van der Waals surface area contributed by atoms with Gasteiger partial charge >= 0.3 is 0 Å². The van der Waals surface area contributed by atoms with Gasteiger partial charge in [-0.15, -0.1) is 0 Å². The molecule has 0 spiro atoms. The Kier molecular flexibility index (Phi) is 6.02. The SMILES string of the molecule is Cn1cc2c(c1C(=O)Nc1ccc(F)c(C#N)c1)CCC(C1CCCCC1)NS2=N. The molecule has 0 saturated heterocycles. The molecule has 2 unspecified atom stereocenters. The van der Waals surface area contributed by atoms with Crippen LogP contribution in [0.2, 0.25) is 0 Å². The molecule has 2 heterocycles. The fourth-order valence-corrected chi connectivity index (χ4v) is 6.13. The lowest BCUT2D eigenvalue weighted by atomic mass is 9.82. The number of anilines is 1. The lowest BCUT2D eigenvalue weighted by Gasteiger charge is -2.30. The van der Waals surface area contributed by atoms with Crippen molar-refractivity contribution in [1.29, 1.82) is 10.0 Å². The van der Waals surface area contributed by atoms with Gasteiger partial charge in [-0.25, -0.2) is 9.11 Å². The number of fused-ring (bicyclic) bond motifs is 1. The highest BCUT2D eigenvalue weighted by Crippen LogP contribution is 2.33. The summed E-state index contributed by atoms with van der Waals surface area (Å²) < 4.78 is 27.6. The maximum atomic E-state index is 13.6. The standard InChI is InChI=1S/C22H26FN5OS/c1-28-13-20-17(8-10-19(27-30(20)25)14-5-3-2-4-6-14)21(28)22(29)26-16-7-9-18(23)15(11-16)12-24/h7,9,11,13-14,19H,2-6,8,10H2,1H3,(H2,25,27)(H,26,29). The number of carbonyl (C=O) groups excluding carboxylic acids is 1. The van der Waals surface area contributed by atoms with Gasteiger partial charge in [0, 0.05) is 25.0 Å². The first kappa shape index (κ1) is 20.8. The van der Waals surface area contributed by atoms with E-state index in [0.29, 0.717) is 23.3 Å². The number of rotatable bonds is 3. The third-order valence-electron chi connectivity index (χ3n) is 6.22. The van der Waals surface area contributed by atoms with Crippen LogP contribution in [0.15, 0.2) is 29.3 Å². The quantitative estimate of drug-likeness (QED) is 0.676. The zero-order valence-corrected chi connectivity index (χ0v) is 17.8. The molecule has 3 N–H and O–H groups in total. The molecule has 0 bridgehead atoms. The molecule has 1 amide bonds. The second-order valence-corrected chi connectivity index (χ2v) is 9.45. The van der Waals surface area contributed by atoms with Gasteiger partial charge in [-0.1, -0.05) is 19.3 Å². The topological polar surface area (TPSA) is 93.7 Å². The molecule has 2 aliphatic rings. The van der Waals surface area contributed by atoms with Crippen molar-refractivity contribution in [3.8, 4) is 6.07 Å². The van der Waals surface area contributed by atoms with Crippen molar-refractivity contribution >= 4 is 22.5 Å². The first-order valence-corrected chi connectivity index (χ1v) is 11.6. The maximum absolute atomic E-state index is 13.6. The number of nitrogens with zero attached hydrogens (tertiary/aromatic N) is 2. The van der Waals surface area contributed by atoms with E-state index < -0.39 is 16.7 Å². The second-order valence-electron chi connectivity index (χ2n) is 8.16. The minimum Gasteiger partial charge on any atom is -0.345 e. The van der Waals surface area contributed by atoms with Gasteiger partial charge in [0.1, 0.15) is 17.6 Å². The van der Waals surface area contributed by atoms with E-state index in [-0.39, 0.29) is 11.5 Å². The summed E-state index contributed by atoms with van der Waals surface area (Å²) in [7, 11) is 0.942. The summed E-state index contributed by atoms with van der Waals surface area (Å²) in [5.41, 5.74) is 1.72. The van der Waals surface area contributed by atoms with E-state index in [0.717, 1.165) is 23.3 Å². The molecule has 1 aliphatic heterocycles. The van der Waals surface area contributed by atoms with E-state index in [1.54, 1.807) is 10.6 Å². The van der Waals surface area contributed by atoms with Crippen LogP contribution in [0, 0.1) is 27.8 Å². The van der Waals surface area contributed by atoms with Gasteiger partial charge < -0.3 is 9.88 Å². The molecule has 158 valence electrons. The van der Waals surface area contributed by atoms with E-state index in [2.05, 4.69) is 10.0 Å². The van der Waals surface area contributed by atoms with E-state index in [1.807, 2.05) is 13.2 Å². The van der Waals surface area contributed by atoms with E-state index in [1.165, 1.54) is 50.3 Å². The summed E-state index contributed by atoms with van der Waals surface area (Å²) >= 11 is 0. The van der Waals surface area contributed by atoms with Gasteiger partial charge in [0.15, 0.2) is 0 Å². The molecule has 1 saturated carbocycles. The minimum absolute atomic E-state index is 0.106. The number of aryl methyl sites for hydroxylation is 1. The van der Waals surface area contributed by atoms with Crippen LogP contribution in [0.25, 0.3) is 0 Å². The van der Waals surface area contributed by atoms with Gasteiger partial charge in [-0.3, -0.25) is 9.57 Å². The van der Waals surface area contributed by atoms with Crippen molar-refractivity contribution in [2.75, 3.05) is 5.32 Å². The summed E-state index contributed by atoms with van der Waals surface area (Å²) in [6.45, 7) is 0. The Bertz CT molecular complexity index is 1030. The third-order valence-corrected chi connectivity index (χ3v) is 7.55. The van der Waals surface area contributed by atoms with Crippen molar-refractivity contribution in [2.24, 2.45) is 13.0 Å². The minimum atomic E-state index is -0.868. The molecule has 4 rings (SSSR count). The summed E-state index contributed by atoms with van der Waals surface area (Å²) in [6.07, 6.45) is 9.80. The number of carbonyl (C=O) groups is 1. The molecular weight excluding hydrogens is 401 g/mol. The van der Waals surface area contributed by atoms with Gasteiger partial charge in [0.2, 0.25) is 0 Å². The molecule has 30 heavy (non-hydrogen) atoms. The predicted molar refractivity (Wildman–Crippen MR) is 115 cm³/mol. The van der Waals surface area contributed by atoms with Crippen molar-refractivity contribution in [1.82, 2.24) is 9.29 Å². The smallest absolute Gasteiger partial charge is 0.272 e. The van der Waals surface area contributed by atoms with Crippen LogP contribution in [0.4, 0.5) is 10.1 Å². The van der Waals surface area contributed by atoms with Crippen LogP contribution in [0.1, 0.15) is 60.1 Å². The predicted octanol–water partition coefficient (Wildman–Crippen LogP) is 4.43. The zero-order valence-electron chi connectivity index (χ0n) is 17.0. The van der Waals surface area contributed by atoms with Gasteiger partial charge in [-0.05, 0) is 66.2 Å². The summed E-state index contributed by atoms with van der Waals surface area (Å²) in [4.78, 5) is 13.9. The Balaban J connectivity index is 1.57. The molecule has 6 nitrogen and oxygen atoms in total. The molecule has 0 radical (unpaired) electrons. The normalized spacial score (nSPS) is 22.0. The van der Waals surface area contributed by atoms with Gasteiger partial charge in [0.05, 0.1) is 10.5 Å². The largest absolute Gasteiger partial charge is 0.345 e. The summed E-state index contributed by atoms with van der Waals surface area (Å²) in [5.74, 6) is -0.304. The Morgan fingerprint density at radius 1 is 1.33 bits per heavy atom. The number of nitrogens with one attached hydrogen (secondary N) is 3. The summed E-state index contributed by atoms with van der Waals surface area (Å²) in [6, 6.07) is 6.07. The number of halogens is 1. The maximum Gasteiger partial charge on any atom is 0.272 e. The number of amides is 1. The third kappa shape index (κ3) is 4.05. The highest BCUT2D eigenvalue weighted by molar-refractivity contribution is 7.84. The van der Waals surface area contributed by atoms with Crippen LogP contribution in [0.5, 0.6) is 0 Å². The molecule has 1 aromatic heterocycles. The Hall–Kier alpha value is -2.50. The lowest BCUT2D eigenvalue weighted by Crippen LogP contribution is -2.37. The molecule has 2 atom stereocenters. The fraction of sp³-hybridized carbons (Fsp3) is 0.455. The number of aromatic nitrogens is 1. The molecule has 1 aromatic carbocycles. The summed E-state index contributed by atoms with van der Waals surface area (Å²) in [5, 5.41) is 11.8. The number of hydrogen-bond donors (Lipinski definition) is 3. The van der Waals surface area contributed by atoms with Crippen molar-refractivity contribution in [2.45, 2.75) is 55.9 Å². The second kappa shape index (κ2) is 8.70. The van der Waals surface area contributed by atoms with E-state index in [4.69, 9.17) is 10.0 Å². The monoisotopic (exact) mass is 427 g/mol. The number of hydrogen-bond acceptors (Lipinski definition) is 3. The van der Waals surface area contributed by atoms with Crippen molar-refractivity contribution in [3.05, 3.63) is 47.0 Å². The fourth-order valence-electron chi connectivity index (χ4n) is 4.68. The van der Waals surface area contributed by atoms with Crippen molar-refractivity contribution in [3.63, 3.8) is 0 Å². The molecule has 1 fully saturated rings. The van der Waals surface area contributed by atoms with Crippen molar-refractivity contribution < 1.29 is 9.18 Å². The van der Waals surface area contributed by atoms with E-state index >= 15 is 0 Å². The Morgan fingerprint density at radius 2 is 2.10 bits per heavy atom. The number of nitriles is 1. The average molecular weight is 428 g/mol. The number of benzene rings is 1. The van der Waals surface area contributed by atoms with Crippen LogP contribution in [-0.4, -0.2) is 16.5 Å². The highest BCUT2D eigenvalue weighted by Gasteiger charge is 2.31. The molecule has 2 aromatic rings. The first-order valence-electron chi connectivity index (χ1n) is 10.4. The Morgan fingerprint density at radius 3 is 2.83 bits per heavy atom. The van der Waals surface area contributed by atoms with Crippen LogP contribution in [-0.2, 0) is 24.3 Å². The highest BCUT2D eigenvalue weighted by atomic mass is 32.2. The van der Waals surface area contributed by atoms with Gasteiger partial charge in [-0.2, -0.15) is 5.26 Å².